The molecule has 3 unspecified atom stereocenters. The summed E-state index contributed by atoms with van der Waals surface area (Å²) in [5.41, 5.74) is 6.56. The maximum absolute atomic E-state index is 12.5. The van der Waals surface area contributed by atoms with Crippen molar-refractivity contribution in [3.8, 4) is 5.75 Å². The minimum absolute atomic E-state index is 0.0651. The molecule has 160 valence electrons. The van der Waals surface area contributed by atoms with E-state index in [2.05, 4.69) is 10.6 Å². The standard InChI is InChI=1S/C19H27N3O7/c1-10(2)16(19(28)29)22-18(27)14(7-8-15(24)25)21-17(26)13(20)9-11-3-5-12(23)6-4-11/h3-6,10,13-14,16,23H,7-9,20H2,1-2H3,(H,21,26)(H,22,27)(H,24,25)(H,28,29). The fraction of sp³-hybridized carbons (Fsp3) is 0.474. The molecule has 29 heavy (non-hydrogen) atoms. The van der Waals surface area contributed by atoms with Crippen LogP contribution in [-0.4, -0.2) is 57.2 Å². The number of hydrogen-bond donors (Lipinski definition) is 6. The van der Waals surface area contributed by atoms with Gasteiger partial charge in [-0.05, 0) is 36.5 Å². The number of phenolic OH excluding ortho intramolecular Hbond substituents is 1. The fourth-order valence-electron chi connectivity index (χ4n) is 2.56. The van der Waals surface area contributed by atoms with Crippen molar-refractivity contribution in [3.05, 3.63) is 29.8 Å². The Labute approximate surface area is 168 Å². The van der Waals surface area contributed by atoms with E-state index in [1.807, 2.05) is 0 Å². The number of aliphatic carboxylic acids is 2. The molecule has 0 spiro atoms. The molecular weight excluding hydrogens is 382 g/mol. The van der Waals surface area contributed by atoms with E-state index in [0.29, 0.717) is 5.56 Å². The van der Waals surface area contributed by atoms with Crippen molar-refractivity contribution in [2.24, 2.45) is 11.7 Å². The zero-order valence-electron chi connectivity index (χ0n) is 16.3. The summed E-state index contributed by atoms with van der Waals surface area (Å²) < 4.78 is 0. The third-order valence-electron chi connectivity index (χ3n) is 4.24. The lowest BCUT2D eigenvalue weighted by atomic mass is 10.0. The number of hydrogen-bond acceptors (Lipinski definition) is 6. The highest BCUT2D eigenvalue weighted by Gasteiger charge is 2.29. The van der Waals surface area contributed by atoms with Gasteiger partial charge in [0.2, 0.25) is 11.8 Å². The Morgan fingerprint density at radius 1 is 1.00 bits per heavy atom. The molecule has 0 radical (unpaired) electrons. The van der Waals surface area contributed by atoms with Crippen molar-refractivity contribution in [1.29, 1.82) is 0 Å². The van der Waals surface area contributed by atoms with Crippen molar-refractivity contribution in [3.63, 3.8) is 0 Å². The summed E-state index contributed by atoms with van der Waals surface area (Å²) in [5, 5.41) is 32.1. The first-order valence-electron chi connectivity index (χ1n) is 9.10. The number of benzene rings is 1. The normalized spacial score (nSPS) is 13.9. The van der Waals surface area contributed by atoms with Gasteiger partial charge in [0.05, 0.1) is 6.04 Å². The van der Waals surface area contributed by atoms with Gasteiger partial charge in [0.25, 0.3) is 0 Å². The Morgan fingerprint density at radius 3 is 2.07 bits per heavy atom. The highest BCUT2D eigenvalue weighted by atomic mass is 16.4. The van der Waals surface area contributed by atoms with Gasteiger partial charge in [-0.15, -0.1) is 0 Å². The van der Waals surface area contributed by atoms with E-state index in [-0.39, 0.29) is 18.6 Å². The van der Waals surface area contributed by atoms with Crippen LogP contribution in [0.3, 0.4) is 0 Å². The molecule has 2 amide bonds. The van der Waals surface area contributed by atoms with Crippen molar-refractivity contribution >= 4 is 23.8 Å². The van der Waals surface area contributed by atoms with E-state index in [0.717, 1.165) is 0 Å². The minimum Gasteiger partial charge on any atom is -0.508 e. The predicted octanol–water partition coefficient (Wildman–Crippen LogP) is -0.163. The first-order chi connectivity index (χ1) is 13.5. The molecule has 0 fully saturated rings. The largest absolute Gasteiger partial charge is 0.508 e. The second-order valence-electron chi connectivity index (χ2n) is 7.04. The number of amides is 2. The number of aromatic hydroxyl groups is 1. The lowest BCUT2D eigenvalue weighted by molar-refractivity contribution is -0.144. The highest BCUT2D eigenvalue weighted by Crippen LogP contribution is 2.11. The maximum atomic E-state index is 12.5. The van der Waals surface area contributed by atoms with Crippen LogP contribution in [0.15, 0.2) is 24.3 Å². The first-order valence-corrected chi connectivity index (χ1v) is 9.10. The third-order valence-corrected chi connectivity index (χ3v) is 4.24. The number of carboxylic acids is 2. The van der Waals surface area contributed by atoms with E-state index in [4.69, 9.17) is 10.8 Å². The van der Waals surface area contributed by atoms with E-state index in [1.54, 1.807) is 26.0 Å². The van der Waals surface area contributed by atoms with Crippen LogP contribution in [0.4, 0.5) is 0 Å². The van der Waals surface area contributed by atoms with Gasteiger partial charge in [-0.2, -0.15) is 0 Å². The number of carboxylic acid groups (broad SMARTS) is 2. The quantitative estimate of drug-likeness (QED) is 0.292. The summed E-state index contributed by atoms with van der Waals surface area (Å²) in [5.74, 6) is -4.22. The monoisotopic (exact) mass is 409 g/mol. The average Bonchev–Trinajstić information content (AvgIpc) is 2.63. The highest BCUT2D eigenvalue weighted by molar-refractivity contribution is 5.92. The molecule has 10 heteroatoms. The molecule has 1 rings (SSSR count). The topological polar surface area (TPSA) is 179 Å². The molecule has 0 saturated carbocycles. The summed E-state index contributed by atoms with van der Waals surface area (Å²) >= 11 is 0. The number of rotatable bonds is 11. The Kier molecular flexibility index (Phi) is 9.07. The molecule has 0 heterocycles. The Balaban J connectivity index is 2.83. The molecule has 7 N–H and O–H groups in total. The molecular formula is C19H27N3O7. The number of carbonyl (C=O) groups excluding carboxylic acids is 2. The van der Waals surface area contributed by atoms with Crippen LogP contribution >= 0.6 is 0 Å². The molecule has 10 nitrogen and oxygen atoms in total. The summed E-state index contributed by atoms with van der Waals surface area (Å²) in [4.78, 5) is 47.0. The maximum Gasteiger partial charge on any atom is 0.326 e. The average molecular weight is 409 g/mol. The van der Waals surface area contributed by atoms with Gasteiger partial charge in [0, 0.05) is 6.42 Å². The Hall–Kier alpha value is -3.14. The lowest BCUT2D eigenvalue weighted by Crippen LogP contribution is -2.55. The number of nitrogens with one attached hydrogen (secondary N) is 2. The molecule has 0 bridgehead atoms. The van der Waals surface area contributed by atoms with E-state index >= 15 is 0 Å². The third kappa shape index (κ3) is 8.18. The molecule has 0 aliphatic heterocycles. The van der Waals surface area contributed by atoms with Gasteiger partial charge in [-0.25, -0.2) is 4.79 Å². The summed E-state index contributed by atoms with van der Waals surface area (Å²) in [6, 6.07) is 2.62. The van der Waals surface area contributed by atoms with Crippen LogP contribution in [-0.2, 0) is 25.6 Å². The van der Waals surface area contributed by atoms with E-state index in [9.17, 15) is 29.4 Å². The molecule has 0 aliphatic rings. The van der Waals surface area contributed by atoms with Crippen molar-refractivity contribution in [2.75, 3.05) is 0 Å². The smallest absolute Gasteiger partial charge is 0.326 e. The van der Waals surface area contributed by atoms with Crippen LogP contribution < -0.4 is 16.4 Å². The first kappa shape index (κ1) is 23.9. The Bertz CT molecular complexity index is 734. The predicted molar refractivity (Wildman–Crippen MR) is 103 cm³/mol. The molecule has 0 aliphatic carbocycles. The second kappa shape index (κ2) is 11.0. The van der Waals surface area contributed by atoms with Crippen LogP contribution in [0.1, 0.15) is 32.3 Å². The molecule has 3 atom stereocenters. The van der Waals surface area contributed by atoms with Gasteiger partial charge in [0.1, 0.15) is 17.8 Å². The molecule has 1 aromatic rings. The molecule has 0 saturated heterocycles. The zero-order valence-corrected chi connectivity index (χ0v) is 16.3. The lowest BCUT2D eigenvalue weighted by Gasteiger charge is -2.24. The van der Waals surface area contributed by atoms with Gasteiger partial charge < -0.3 is 31.7 Å². The van der Waals surface area contributed by atoms with E-state index in [1.165, 1.54) is 12.1 Å². The SMILES string of the molecule is CC(C)C(NC(=O)C(CCC(=O)O)NC(=O)C(N)Cc1ccc(O)cc1)C(=O)O. The van der Waals surface area contributed by atoms with Gasteiger partial charge in [0.15, 0.2) is 0 Å². The molecule has 1 aromatic carbocycles. The fourth-order valence-corrected chi connectivity index (χ4v) is 2.56. The van der Waals surface area contributed by atoms with Gasteiger partial charge in [-0.1, -0.05) is 26.0 Å². The summed E-state index contributed by atoms with van der Waals surface area (Å²) in [6.07, 6.45) is -0.489. The summed E-state index contributed by atoms with van der Waals surface area (Å²) in [6.45, 7) is 3.22. The van der Waals surface area contributed by atoms with Crippen molar-refractivity contribution < 1.29 is 34.5 Å². The van der Waals surface area contributed by atoms with Gasteiger partial charge in [-0.3, -0.25) is 14.4 Å². The van der Waals surface area contributed by atoms with Crippen LogP contribution in [0.5, 0.6) is 5.75 Å². The number of carbonyl (C=O) groups is 4. The molecule has 0 aromatic heterocycles. The Morgan fingerprint density at radius 2 is 1.59 bits per heavy atom. The second-order valence-corrected chi connectivity index (χ2v) is 7.04. The van der Waals surface area contributed by atoms with E-state index < -0.39 is 54.2 Å². The zero-order chi connectivity index (χ0) is 22.1. The van der Waals surface area contributed by atoms with Gasteiger partial charge >= 0.3 is 11.9 Å². The van der Waals surface area contributed by atoms with Crippen LogP contribution in [0.2, 0.25) is 0 Å². The van der Waals surface area contributed by atoms with Crippen LogP contribution in [0, 0.1) is 5.92 Å². The summed E-state index contributed by atoms with van der Waals surface area (Å²) in [7, 11) is 0. The number of nitrogens with two attached hydrogens (primary N) is 1. The van der Waals surface area contributed by atoms with Crippen molar-refractivity contribution in [1.82, 2.24) is 10.6 Å². The number of phenols is 1. The van der Waals surface area contributed by atoms with Crippen LogP contribution in [0.25, 0.3) is 0 Å². The minimum atomic E-state index is -1.25. The van der Waals surface area contributed by atoms with Crippen molar-refractivity contribution in [2.45, 2.75) is 51.2 Å².